The molecule has 0 aliphatic carbocycles. The highest BCUT2D eigenvalue weighted by molar-refractivity contribution is 5.76. The van der Waals surface area contributed by atoms with Crippen LogP contribution in [0.5, 0.6) is 0 Å². The maximum atomic E-state index is 12.8. The molecule has 0 aliphatic rings. The summed E-state index contributed by atoms with van der Waals surface area (Å²) in [5, 5.41) is 0. The molecule has 1 aromatic rings. The van der Waals surface area contributed by atoms with Gasteiger partial charge in [-0.2, -0.15) is 4.39 Å². The molecule has 0 spiro atoms. The van der Waals surface area contributed by atoms with E-state index in [2.05, 4.69) is 4.98 Å². The van der Waals surface area contributed by atoms with Crippen molar-refractivity contribution in [1.29, 1.82) is 0 Å². The van der Waals surface area contributed by atoms with Gasteiger partial charge in [-0.05, 0) is 6.07 Å². The van der Waals surface area contributed by atoms with Crippen molar-refractivity contribution in [2.45, 2.75) is 13.0 Å². The summed E-state index contributed by atoms with van der Waals surface area (Å²) in [7, 11) is 0. The predicted molar refractivity (Wildman–Crippen MR) is 42.4 cm³/mol. The molecule has 2 N–H and O–H groups in total. The second-order valence-electron chi connectivity index (χ2n) is 2.53. The van der Waals surface area contributed by atoms with Crippen LogP contribution in [-0.2, 0) is 6.54 Å². The molecule has 3 nitrogen and oxygen atoms in total. The lowest BCUT2D eigenvalue weighted by Gasteiger charge is -2.05. The lowest BCUT2D eigenvalue weighted by molar-refractivity contribution is 0.112. The van der Waals surface area contributed by atoms with Crippen LogP contribution in [0.1, 0.15) is 28.0 Å². The van der Waals surface area contributed by atoms with Crippen LogP contribution < -0.4 is 5.73 Å². The average Bonchev–Trinajstić information content (AvgIpc) is 2.16. The molecule has 0 aliphatic heterocycles. The van der Waals surface area contributed by atoms with Gasteiger partial charge in [0.25, 0.3) is 6.43 Å². The first kappa shape index (κ1) is 10.6. The summed E-state index contributed by atoms with van der Waals surface area (Å²) in [5.41, 5.74) is 4.13. The number of alkyl halides is 2. The molecule has 1 heterocycles. The van der Waals surface area contributed by atoms with Crippen LogP contribution in [0.2, 0.25) is 0 Å². The van der Waals surface area contributed by atoms with E-state index in [4.69, 9.17) is 5.73 Å². The Morgan fingerprint density at radius 1 is 1.57 bits per heavy atom. The standard InChI is InChI=1S/C8H7F3N2O/c9-7(10)5-1-4(3-14)6(2-12)13-8(5)11/h1,3,7H,2,12H2. The van der Waals surface area contributed by atoms with E-state index in [0.29, 0.717) is 6.29 Å². The quantitative estimate of drug-likeness (QED) is 0.598. The molecule has 0 amide bonds. The number of hydrogen-bond donors (Lipinski definition) is 1. The van der Waals surface area contributed by atoms with Gasteiger partial charge in [0.2, 0.25) is 5.95 Å². The minimum atomic E-state index is -2.99. The second-order valence-corrected chi connectivity index (χ2v) is 2.53. The number of aldehydes is 1. The van der Waals surface area contributed by atoms with Crippen molar-refractivity contribution in [3.63, 3.8) is 0 Å². The molecule has 76 valence electrons. The molecule has 0 unspecified atom stereocenters. The zero-order valence-corrected chi connectivity index (χ0v) is 7.01. The fourth-order valence-electron chi connectivity index (χ4n) is 0.977. The van der Waals surface area contributed by atoms with E-state index < -0.39 is 17.9 Å². The predicted octanol–water partition coefficient (Wildman–Crippen LogP) is 1.43. The molecule has 14 heavy (non-hydrogen) atoms. The van der Waals surface area contributed by atoms with Crippen LogP contribution in [-0.4, -0.2) is 11.3 Å². The highest BCUT2D eigenvalue weighted by Crippen LogP contribution is 2.22. The van der Waals surface area contributed by atoms with Crippen molar-refractivity contribution in [1.82, 2.24) is 4.98 Å². The summed E-state index contributed by atoms with van der Waals surface area (Å²) in [6, 6.07) is 0.766. The van der Waals surface area contributed by atoms with E-state index >= 15 is 0 Å². The smallest absolute Gasteiger partial charge is 0.268 e. The minimum absolute atomic E-state index is 0.0260. The van der Waals surface area contributed by atoms with Crippen molar-refractivity contribution in [3.05, 3.63) is 28.8 Å². The van der Waals surface area contributed by atoms with Crippen LogP contribution in [0.4, 0.5) is 13.2 Å². The van der Waals surface area contributed by atoms with E-state index in [9.17, 15) is 18.0 Å². The third-order valence-corrected chi connectivity index (χ3v) is 1.67. The molecule has 0 saturated heterocycles. The van der Waals surface area contributed by atoms with Crippen molar-refractivity contribution in [2.75, 3.05) is 0 Å². The Balaban J connectivity index is 3.30. The number of aromatic nitrogens is 1. The summed E-state index contributed by atoms with van der Waals surface area (Å²) in [4.78, 5) is 13.6. The SMILES string of the molecule is NCc1nc(F)c(C(F)F)cc1C=O. The van der Waals surface area contributed by atoms with Crippen molar-refractivity contribution in [3.8, 4) is 0 Å². The highest BCUT2D eigenvalue weighted by atomic mass is 19.3. The fraction of sp³-hybridized carbons (Fsp3) is 0.250. The van der Waals surface area contributed by atoms with Gasteiger partial charge in [0.05, 0.1) is 11.3 Å². The van der Waals surface area contributed by atoms with Gasteiger partial charge in [0.15, 0.2) is 6.29 Å². The number of halogens is 3. The third kappa shape index (κ3) is 1.90. The van der Waals surface area contributed by atoms with Gasteiger partial charge in [-0.25, -0.2) is 13.8 Å². The van der Waals surface area contributed by atoms with Gasteiger partial charge in [-0.15, -0.1) is 0 Å². The zero-order valence-electron chi connectivity index (χ0n) is 7.01. The van der Waals surface area contributed by atoms with Crippen molar-refractivity contribution >= 4 is 6.29 Å². The van der Waals surface area contributed by atoms with E-state index in [1.807, 2.05) is 0 Å². The molecule has 6 heteroatoms. The van der Waals surface area contributed by atoms with Crippen LogP contribution in [0.25, 0.3) is 0 Å². The Morgan fingerprint density at radius 3 is 2.64 bits per heavy atom. The minimum Gasteiger partial charge on any atom is -0.325 e. The number of carbonyl (C=O) groups excluding carboxylic acids is 1. The van der Waals surface area contributed by atoms with Crippen molar-refractivity contribution in [2.24, 2.45) is 5.73 Å². The first-order valence-corrected chi connectivity index (χ1v) is 3.72. The summed E-state index contributed by atoms with van der Waals surface area (Å²) in [6.07, 6.45) is -2.67. The summed E-state index contributed by atoms with van der Waals surface area (Å²) in [5.74, 6) is -1.29. The van der Waals surface area contributed by atoms with Gasteiger partial charge in [-0.1, -0.05) is 0 Å². The molecule has 0 radical (unpaired) electrons. The molecule has 0 aromatic carbocycles. The average molecular weight is 204 g/mol. The Morgan fingerprint density at radius 2 is 2.21 bits per heavy atom. The topological polar surface area (TPSA) is 56.0 Å². The molecule has 0 atom stereocenters. The molecule has 1 aromatic heterocycles. The monoisotopic (exact) mass is 204 g/mol. The van der Waals surface area contributed by atoms with Gasteiger partial charge < -0.3 is 5.73 Å². The van der Waals surface area contributed by atoms with E-state index in [1.54, 1.807) is 0 Å². The number of nitrogens with two attached hydrogens (primary N) is 1. The van der Waals surface area contributed by atoms with Gasteiger partial charge in [0, 0.05) is 12.1 Å². The zero-order chi connectivity index (χ0) is 10.7. The highest BCUT2D eigenvalue weighted by Gasteiger charge is 2.17. The Bertz CT molecular complexity index is 355. The lowest BCUT2D eigenvalue weighted by atomic mass is 10.1. The fourth-order valence-corrected chi connectivity index (χ4v) is 0.977. The third-order valence-electron chi connectivity index (χ3n) is 1.67. The number of rotatable bonds is 3. The van der Waals surface area contributed by atoms with Crippen LogP contribution in [0.3, 0.4) is 0 Å². The van der Waals surface area contributed by atoms with E-state index in [-0.39, 0.29) is 17.8 Å². The van der Waals surface area contributed by atoms with Crippen LogP contribution >= 0.6 is 0 Å². The summed E-state index contributed by atoms with van der Waals surface area (Å²) in [6.45, 7) is -0.172. The number of hydrogen-bond acceptors (Lipinski definition) is 3. The second kappa shape index (κ2) is 4.19. The molecule has 1 rings (SSSR count). The number of carbonyl (C=O) groups is 1. The number of pyridine rings is 1. The molecule has 0 bridgehead atoms. The maximum absolute atomic E-state index is 12.8. The van der Waals surface area contributed by atoms with E-state index in [0.717, 1.165) is 6.07 Å². The van der Waals surface area contributed by atoms with Crippen LogP contribution in [0.15, 0.2) is 6.07 Å². The van der Waals surface area contributed by atoms with E-state index in [1.165, 1.54) is 0 Å². The molecular formula is C8H7F3N2O. The van der Waals surface area contributed by atoms with Gasteiger partial charge in [-0.3, -0.25) is 4.79 Å². The molecule has 0 saturated carbocycles. The Hall–Kier alpha value is -1.43. The first-order chi connectivity index (χ1) is 6.60. The summed E-state index contributed by atoms with van der Waals surface area (Å²) >= 11 is 0. The normalized spacial score (nSPS) is 10.6. The number of nitrogens with zero attached hydrogens (tertiary/aromatic N) is 1. The van der Waals surface area contributed by atoms with Gasteiger partial charge in [0.1, 0.15) is 0 Å². The van der Waals surface area contributed by atoms with Crippen molar-refractivity contribution < 1.29 is 18.0 Å². The lowest BCUT2D eigenvalue weighted by Crippen LogP contribution is -2.08. The first-order valence-electron chi connectivity index (χ1n) is 3.72. The molecule has 0 fully saturated rings. The van der Waals surface area contributed by atoms with Crippen LogP contribution in [0, 0.1) is 5.95 Å². The summed E-state index contributed by atoms with van der Waals surface area (Å²) < 4.78 is 37.1. The van der Waals surface area contributed by atoms with Gasteiger partial charge >= 0.3 is 0 Å². The Labute approximate surface area is 77.7 Å². The maximum Gasteiger partial charge on any atom is 0.268 e. The largest absolute Gasteiger partial charge is 0.325 e. The Kier molecular flexibility index (Phi) is 3.19. The molecular weight excluding hydrogens is 197 g/mol.